The van der Waals surface area contributed by atoms with Crippen LogP contribution >= 0.6 is 0 Å². The molecule has 0 radical (unpaired) electrons. The largest absolute Gasteiger partial charge is 0.412 e. The molecule has 0 aliphatic rings. The standard InChI is InChI=1S/C15H15NO2/c1-11-4-3-5-13(10-11)12-6-8-14(9-7-12)18-15(17)16-2/h3-10H,1-2H3,(H,16,17). The number of hydrogen-bond acceptors (Lipinski definition) is 2. The van der Waals surface area contributed by atoms with E-state index in [2.05, 4.69) is 30.4 Å². The van der Waals surface area contributed by atoms with Crippen LogP contribution in [0.25, 0.3) is 11.1 Å². The lowest BCUT2D eigenvalue weighted by Gasteiger charge is -2.06. The lowest BCUT2D eigenvalue weighted by molar-refractivity contribution is 0.203. The van der Waals surface area contributed by atoms with Gasteiger partial charge in [-0.25, -0.2) is 4.79 Å². The van der Waals surface area contributed by atoms with Crippen LogP contribution in [0.15, 0.2) is 48.5 Å². The molecular weight excluding hydrogens is 226 g/mol. The molecule has 3 heteroatoms. The molecule has 0 saturated heterocycles. The van der Waals surface area contributed by atoms with Gasteiger partial charge in [-0.05, 0) is 30.2 Å². The van der Waals surface area contributed by atoms with Crippen molar-refractivity contribution in [1.82, 2.24) is 5.32 Å². The number of hydrogen-bond donors (Lipinski definition) is 1. The average Bonchev–Trinajstić information content (AvgIpc) is 2.39. The molecule has 0 bridgehead atoms. The Morgan fingerprint density at radius 2 is 1.78 bits per heavy atom. The van der Waals surface area contributed by atoms with Gasteiger partial charge in [-0.1, -0.05) is 42.0 Å². The number of amides is 1. The van der Waals surface area contributed by atoms with Crippen molar-refractivity contribution in [1.29, 1.82) is 0 Å². The van der Waals surface area contributed by atoms with E-state index in [9.17, 15) is 4.79 Å². The highest BCUT2D eigenvalue weighted by molar-refractivity contribution is 5.71. The van der Waals surface area contributed by atoms with Gasteiger partial charge in [0.2, 0.25) is 0 Å². The predicted octanol–water partition coefficient (Wildman–Crippen LogP) is 3.38. The molecule has 0 unspecified atom stereocenters. The SMILES string of the molecule is CNC(=O)Oc1ccc(-c2cccc(C)c2)cc1. The van der Waals surface area contributed by atoms with E-state index in [4.69, 9.17) is 4.74 Å². The topological polar surface area (TPSA) is 38.3 Å². The van der Waals surface area contributed by atoms with E-state index in [0.717, 1.165) is 11.1 Å². The van der Waals surface area contributed by atoms with Crippen molar-refractivity contribution in [2.45, 2.75) is 6.92 Å². The summed E-state index contributed by atoms with van der Waals surface area (Å²) in [6, 6.07) is 15.7. The number of nitrogens with one attached hydrogen (secondary N) is 1. The maximum absolute atomic E-state index is 11.0. The minimum atomic E-state index is -0.460. The van der Waals surface area contributed by atoms with Crippen molar-refractivity contribution in [3.05, 3.63) is 54.1 Å². The Kier molecular flexibility index (Phi) is 3.63. The van der Waals surface area contributed by atoms with Gasteiger partial charge in [-0.3, -0.25) is 0 Å². The normalized spacial score (nSPS) is 9.89. The highest BCUT2D eigenvalue weighted by Gasteiger charge is 2.02. The van der Waals surface area contributed by atoms with E-state index in [0.29, 0.717) is 5.75 Å². The Hall–Kier alpha value is -2.29. The number of carbonyl (C=O) groups is 1. The zero-order chi connectivity index (χ0) is 13.0. The summed E-state index contributed by atoms with van der Waals surface area (Å²) in [5.74, 6) is 0.533. The van der Waals surface area contributed by atoms with Crippen molar-refractivity contribution in [2.75, 3.05) is 7.05 Å². The average molecular weight is 241 g/mol. The highest BCUT2D eigenvalue weighted by Crippen LogP contribution is 2.23. The van der Waals surface area contributed by atoms with Gasteiger partial charge in [0.25, 0.3) is 0 Å². The maximum Gasteiger partial charge on any atom is 0.412 e. The lowest BCUT2D eigenvalue weighted by atomic mass is 10.0. The second-order valence-electron chi connectivity index (χ2n) is 4.03. The van der Waals surface area contributed by atoms with Gasteiger partial charge < -0.3 is 10.1 Å². The van der Waals surface area contributed by atoms with E-state index in [-0.39, 0.29) is 0 Å². The summed E-state index contributed by atoms with van der Waals surface area (Å²) in [6.07, 6.45) is -0.460. The molecular formula is C15H15NO2. The van der Waals surface area contributed by atoms with E-state index in [1.165, 1.54) is 12.6 Å². The quantitative estimate of drug-likeness (QED) is 0.875. The molecule has 0 spiro atoms. The number of carbonyl (C=O) groups excluding carboxylic acids is 1. The molecule has 1 N–H and O–H groups in total. The second-order valence-corrected chi connectivity index (χ2v) is 4.03. The molecule has 2 aromatic rings. The summed E-state index contributed by atoms with van der Waals surface area (Å²) in [7, 11) is 1.53. The summed E-state index contributed by atoms with van der Waals surface area (Å²) >= 11 is 0. The number of benzene rings is 2. The van der Waals surface area contributed by atoms with Crippen molar-refractivity contribution in [2.24, 2.45) is 0 Å². The summed E-state index contributed by atoms with van der Waals surface area (Å²) in [5, 5.41) is 2.41. The first-order valence-electron chi connectivity index (χ1n) is 5.76. The molecule has 0 aliphatic heterocycles. The number of ether oxygens (including phenoxy) is 1. The molecule has 0 aromatic heterocycles. The Balaban J connectivity index is 2.19. The van der Waals surface area contributed by atoms with E-state index in [1.54, 1.807) is 12.1 Å². The highest BCUT2D eigenvalue weighted by atomic mass is 16.5. The van der Waals surface area contributed by atoms with E-state index < -0.39 is 6.09 Å². The minimum absolute atomic E-state index is 0.460. The minimum Gasteiger partial charge on any atom is -0.410 e. The lowest BCUT2D eigenvalue weighted by Crippen LogP contribution is -2.21. The number of aryl methyl sites for hydroxylation is 1. The smallest absolute Gasteiger partial charge is 0.410 e. The predicted molar refractivity (Wildman–Crippen MR) is 71.7 cm³/mol. The summed E-state index contributed by atoms with van der Waals surface area (Å²) in [5.41, 5.74) is 3.47. The Labute approximate surface area is 106 Å². The third-order valence-corrected chi connectivity index (χ3v) is 2.62. The van der Waals surface area contributed by atoms with Crippen LogP contribution in [-0.4, -0.2) is 13.1 Å². The zero-order valence-electron chi connectivity index (χ0n) is 10.4. The Bertz CT molecular complexity index is 547. The van der Waals surface area contributed by atoms with Crippen LogP contribution in [0.3, 0.4) is 0 Å². The molecule has 18 heavy (non-hydrogen) atoms. The Morgan fingerprint density at radius 1 is 1.06 bits per heavy atom. The van der Waals surface area contributed by atoms with Gasteiger partial charge in [0.15, 0.2) is 0 Å². The molecule has 3 nitrogen and oxygen atoms in total. The van der Waals surface area contributed by atoms with Crippen LogP contribution < -0.4 is 10.1 Å². The molecule has 2 rings (SSSR count). The Morgan fingerprint density at radius 3 is 2.39 bits per heavy atom. The van der Waals surface area contributed by atoms with Crippen LogP contribution in [0.1, 0.15) is 5.56 Å². The maximum atomic E-state index is 11.0. The van der Waals surface area contributed by atoms with E-state index in [1.807, 2.05) is 18.2 Å². The van der Waals surface area contributed by atoms with Crippen molar-refractivity contribution < 1.29 is 9.53 Å². The third-order valence-electron chi connectivity index (χ3n) is 2.62. The molecule has 0 fully saturated rings. The van der Waals surface area contributed by atoms with Crippen LogP contribution in [0.4, 0.5) is 4.79 Å². The fraction of sp³-hybridized carbons (Fsp3) is 0.133. The third kappa shape index (κ3) is 2.88. The molecule has 0 aliphatic carbocycles. The first-order chi connectivity index (χ1) is 8.69. The van der Waals surface area contributed by atoms with Crippen LogP contribution in [0, 0.1) is 6.92 Å². The van der Waals surface area contributed by atoms with Gasteiger partial charge in [0.05, 0.1) is 0 Å². The molecule has 0 atom stereocenters. The molecule has 92 valence electrons. The van der Waals surface area contributed by atoms with Gasteiger partial charge in [0.1, 0.15) is 5.75 Å². The van der Waals surface area contributed by atoms with Gasteiger partial charge in [0, 0.05) is 7.05 Å². The first-order valence-corrected chi connectivity index (χ1v) is 5.76. The van der Waals surface area contributed by atoms with Crippen LogP contribution in [0.5, 0.6) is 5.75 Å². The fourth-order valence-electron chi connectivity index (χ4n) is 1.70. The molecule has 0 heterocycles. The van der Waals surface area contributed by atoms with Crippen molar-refractivity contribution >= 4 is 6.09 Å². The van der Waals surface area contributed by atoms with Crippen LogP contribution in [0.2, 0.25) is 0 Å². The first kappa shape index (κ1) is 12.2. The van der Waals surface area contributed by atoms with Gasteiger partial charge >= 0.3 is 6.09 Å². The van der Waals surface area contributed by atoms with Gasteiger partial charge in [-0.15, -0.1) is 0 Å². The molecule has 2 aromatic carbocycles. The van der Waals surface area contributed by atoms with Gasteiger partial charge in [-0.2, -0.15) is 0 Å². The molecule has 0 saturated carbocycles. The molecule has 1 amide bonds. The fourth-order valence-corrected chi connectivity index (χ4v) is 1.70. The van der Waals surface area contributed by atoms with Crippen LogP contribution in [-0.2, 0) is 0 Å². The summed E-state index contributed by atoms with van der Waals surface area (Å²) in [4.78, 5) is 11.0. The van der Waals surface area contributed by atoms with Crippen molar-refractivity contribution in [3.63, 3.8) is 0 Å². The van der Waals surface area contributed by atoms with E-state index >= 15 is 0 Å². The zero-order valence-corrected chi connectivity index (χ0v) is 10.4. The number of rotatable bonds is 2. The summed E-state index contributed by atoms with van der Waals surface area (Å²) < 4.78 is 5.03. The monoisotopic (exact) mass is 241 g/mol. The van der Waals surface area contributed by atoms with Crippen molar-refractivity contribution in [3.8, 4) is 16.9 Å². The second kappa shape index (κ2) is 5.36. The summed E-state index contributed by atoms with van der Waals surface area (Å²) in [6.45, 7) is 2.06.